The molecule has 25 heavy (non-hydrogen) atoms. The highest BCUT2D eigenvalue weighted by Crippen LogP contribution is 2.17. The summed E-state index contributed by atoms with van der Waals surface area (Å²) in [4.78, 5) is 37.7. The maximum absolute atomic E-state index is 12.2. The van der Waals surface area contributed by atoms with Gasteiger partial charge < -0.3 is 15.4 Å². The second kappa shape index (κ2) is 7.80. The van der Waals surface area contributed by atoms with Crippen LogP contribution in [0.3, 0.4) is 0 Å². The summed E-state index contributed by atoms with van der Waals surface area (Å²) >= 11 is 1.55. The zero-order valence-electron chi connectivity index (χ0n) is 13.3. The predicted octanol–water partition coefficient (Wildman–Crippen LogP) is 2.27. The number of nitrogens with one attached hydrogen (secondary N) is 2. The number of rotatable bonds is 6. The quantitative estimate of drug-likeness (QED) is 0.828. The minimum atomic E-state index is -0.688. The van der Waals surface area contributed by atoms with E-state index >= 15 is 0 Å². The molecule has 4 amide bonds. The summed E-state index contributed by atoms with van der Waals surface area (Å²) in [5, 5.41) is 7.53. The Morgan fingerprint density at radius 2 is 2.00 bits per heavy atom. The number of benzene rings is 1. The zero-order chi connectivity index (χ0) is 17.6. The van der Waals surface area contributed by atoms with E-state index in [2.05, 4.69) is 10.6 Å². The molecular weight excluding hydrogens is 342 g/mol. The van der Waals surface area contributed by atoms with Crippen molar-refractivity contribution in [2.45, 2.75) is 12.6 Å². The molecular formula is C17H17N3O4S. The third kappa shape index (κ3) is 4.36. The number of hydrogen-bond donors (Lipinski definition) is 2. The number of carbonyl (C=O) groups is 3. The highest BCUT2D eigenvalue weighted by molar-refractivity contribution is 7.09. The summed E-state index contributed by atoms with van der Waals surface area (Å²) in [6, 6.07) is 12.1. The first kappa shape index (κ1) is 17.0. The molecule has 1 aliphatic rings. The Bertz CT molecular complexity index is 733. The van der Waals surface area contributed by atoms with Gasteiger partial charge in [-0.2, -0.15) is 0 Å². The monoisotopic (exact) mass is 359 g/mol. The number of amides is 4. The zero-order valence-corrected chi connectivity index (χ0v) is 14.1. The van der Waals surface area contributed by atoms with Crippen LogP contribution >= 0.6 is 11.3 Å². The van der Waals surface area contributed by atoms with Crippen LogP contribution in [0.2, 0.25) is 0 Å². The molecule has 0 aliphatic carbocycles. The van der Waals surface area contributed by atoms with Crippen molar-refractivity contribution < 1.29 is 19.1 Å². The lowest BCUT2D eigenvalue weighted by Crippen LogP contribution is -2.43. The summed E-state index contributed by atoms with van der Waals surface area (Å²) in [7, 11) is 0. The van der Waals surface area contributed by atoms with Crippen LogP contribution in [0, 0.1) is 0 Å². The molecule has 2 heterocycles. The number of thiophene rings is 1. The van der Waals surface area contributed by atoms with Crippen LogP contribution in [-0.4, -0.2) is 36.1 Å². The van der Waals surface area contributed by atoms with Gasteiger partial charge in [-0.25, -0.2) is 14.5 Å². The third-order valence-corrected chi connectivity index (χ3v) is 4.59. The van der Waals surface area contributed by atoms with E-state index in [4.69, 9.17) is 4.74 Å². The van der Waals surface area contributed by atoms with Gasteiger partial charge >= 0.3 is 12.1 Å². The number of cyclic esters (lactones) is 1. The van der Waals surface area contributed by atoms with Gasteiger partial charge in [0.05, 0.1) is 19.1 Å². The topological polar surface area (TPSA) is 87.7 Å². The second-order valence-corrected chi connectivity index (χ2v) is 6.46. The van der Waals surface area contributed by atoms with Crippen molar-refractivity contribution in [2.24, 2.45) is 0 Å². The standard InChI is InChI=1S/C17H17N3O4S/c21-15-11-24-17(23)20(15)10-14(12-5-2-1-3-6-12)19-16(22)18-9-13-7-4-8-25-13/h1-8,14H,9-11H2,(H2,18,19,22)/t14-/m1/s1. The minimum absolute atomic E-state index is 0.0219. The molecule has 1 aromatic carbocycles. The van der Waals surface area contributed by atoms with E-state index in [1.807, 2.05) is 47.8 Å². The van der Waals surface area contributed by atoms with E-state index < -0.39 is 18.0 Å². The van der Waals surface area contributed by atoms with Crippen LogP contribution in [0.5, 0.6) is 0 Å². The molecule has 130 valence electrons. The largest absolute Gasteiger partial charge is 0.439 e. The molecule has 0 unspecified atom stereocenters. The van der Waals surface area contributed by atoms with E-state index in [0.29, 0.717) is 6.54 Å². The summed E-state index contributed by atoms with van der Waals surface area (Å²) in [5.74, 6) is -0.410. The molecule has 1 fully saturated rings. The Balaban J connectivity index is 1.67. The Kier molecular flexibility index (Phi) is 5.30. The van der Waals surface area contributed by atoms with Gasteiger partial charge in [-0.05, 0) is 17.0 Å². The highest BCUT2D eigenvalue weighted by Gasteiger charge is 2.33. The van der Waals surface area contributed by atoms with Crippen molar-refractivity contribution >= 4 is 29.4 Å². The van der Waals surface area contributed by atoms with Gasteiger partial charge in [0.25, 0.3) is 5.91 Å². The van der Waals surface area contributed by atoms with Gasteiger partial charge in [0.1, 0.15) is 0 Å². The van der Waals surface area contributed by atoms with Crippen LogP contribution in [0.4, 0.5) is 9.59 Å². The molecule has 0 bridgehead atoms. The summed E-state index contributed by atoms with van der Waals surface area (Å²) in [6.07, 6.45) is -0.688. The fraction of sp³-hybridized carbons (Fsp3) is 0.235. The molecule has 2 aromatic rings. The average molecular weight is 359 g/mol. The molecule has 1 aromatic heterocycles. The van der Waals surface area contributed by atoms with Gasteiger partial charge in [0, 0.05) is 4.88 Å². The highest BCUT2D eigenvalue weighted by atomic mass is 32.1. The Morgan fingerprint density at radius 1 is 1.20 bits per heavy atom. The molecule has 2 N–H and O–H groups in total. The van der Waals surface area contributed by atoms with Gasteiger partial charge in [-0.3, -0.25) is 4.79 Å². The van der Waals surface area contributed by atoms with E-state index in [9.17, 15) is 14.4 Å². The first-order valence-corrected chi connectivity index (χ1v) is 8.60. The molecule has 7 nitrogen and oxygen atoms in total. The summed E-state index contributed by atoms with van der Waals surface area (Å²) < 4.78 is 4.73. The fourth-order valence-electron chi connectivity index (χ4n) is 2.45. The van der Waals surface area contributed by atoms with E-state index in [0.717, 1.165) is 15.3 Å². The van der Waals surface area contributed by atoms with Crippen molar-refractivity contribution in [1.29, 1.82) is 0 Å². The number of nitrogens with zero attached hydrogens (tertiary/aromatic N) is 1. The number of carbonyl (C=O) groups excluding carboxylic acids is 3. The molecule has 3 rings (SSSR count). The van der Waals surface area contributed by atoms with E-state index in [-0.39, 0.29) is 19.2 Å². The number of hydrogen-bond acceptors (Lipinski definition) is 5. The SMILES string of the molecule is O=C(NCc1cccs1)N[C@H](CN1C(=O)COC1=O)c1ccccc1. The normalized spacial score (nSPS) is 15.0. The van der Waals surface area contributed by atoms with Crippen LogP contribution in [0.25, 0.3) is 0 Å². The second-order valence-electron chi connectivity index (χ2n) is 5.43. The maximum atomic E-state index is 12.2. The van der Waals surface area contributed by atoms with Crippen molar-refractivity contribution in [3.63, 3.8) is 0 Å². The lowest BCUT2D eigenvalue weighted by atomic mass is 10.1. The molecule has 1 atom stereocenters. The van der Waals surface area contributed by atoms with Crippen LogP contribution < -0.4 is 10.6 Å². The average Bonchev–Trinajstić information content (AvgIpc) is 3.25. The van der Waals surface area contributed by atoms with Crippen LogP contribution in [0.15, 0.2) is 47.8 Å². The minimum Gasteiger partial charge on any atom is -0.439 e. The smallest absolute Gasteiger partial charge is 0.417 e. The Labute approximate surface area is 148 Å². The molecule has 1 saturated heterocycles. The van der Waals surface area contributed by atoms with E-state index in [1.54, 1.807) is 11.3 Å². The first-order valence-electron chi connectivity index (χ1n) is 7.72. The lowest BCUT2D eigenvalue weighted by molar-refractivity contribution is -0.126. The van der Waals surface area contributed by atoms with Crippen LogP contribution in [0.1, 0.15) is 16.5 Å². The number of ether oxygens (including phenoxy) is 1. The molecule has 8 heteroatoms. The Morgan fingerprint density at radius 3 is 2.64 bits per heavy atom. The van der Waals surface area contributed by atoms with Gasteiger partial charge in [0.2, 0.25) is 0 Å². The fourth-order valence-corrected chi connectivity index (χ4v) is 3.09. The van der Waals surface area contributed by atoms with Gasteiger partial charge in [-0.1, -0.05) is 36.4 Å². The predicted molar refractivity (Wildman–Crippen MR) is 91.9 cm³/mol. The molecule has 0 radical (unpaired) electrons. The van der Waals surface area contributed by atoms with Crippen LogP contribution in [-0.2, 0) is 16.1 Å². The first-order chi connectivity index (χ1) is 12.1. The summed E-state index contributed by atoms with van der Waals surface area (Å²) in [5.41, 5.74) is 0.793. The van der Waals surface area contributed by atoms with Gasteiger partial charge in [-0.15, -0.1) is 11.3 Å². The molecule has 0 saturated carbocycles. The summed E-state index contributed by atoms with van der Waals surface area (Å²) in [6.45, 7) is 0.175. The van der Waals surface area contributed by atoms with Crippen molar-refractivity contribution in [3.05, 3.63) is 58.3 Å². The number of urea groups is 1. The van der Waals surface area contributed by atoms with E-state index in [1.165, 1.54) is 0 Å². The van der Waals surface area contributed by atoms with Crippen molar-refractivity contribution in [3.8, 4) is 0 Å². The van der Waals surface area contributed by atoms with Gasteiger partial charge in [0.15, 0.2) is 6.61 Å². The van der Waals surface area contributed by atoms with Crippen molar-refractivity contribution in [2.75, 3.05) is 13.2 Å². The Hall–Kier alpha value is -2.87. The van der Waals surface area contributed by atoms with Crippen molar-refractivity contribution in [1.82, 2.24) is 15.5 Å². The molecule has 0 spiro atoms. The molecule has 1 aliphatic heterocycles. The lowest BCUT2D eigenvalue weighted by Gasteiger charge is -2.23. The maximum Gasteiger partial charge on any atom is 0.417 e. The third-order valence-electron chi connectivity index (χ3n) is 3.72. The number of imide groups is 1.